The molecule has 2 unspecified atom stereocenters. The molecule has 3 N–H and O–H groups in total. The van der Waals surface area contributed by atoms with Crippen molar-refractivity contribution >= 4 is 5.91 Å². The highest BCUT2D eigenvalue weighted by molar-refractivity contribution is 5.79. The third-order valence-electron chi connectivity index (χ3n) is 3.42. The van der Waals surface area contributed by atoms with E-state index >= 15 is 0 Å². The molecule has 0 aromatic rings. The van der Waals surface area contributed by atoms with Gasteiger partial charge in [0.25, 0.3) is 0 Å². The van der Waals surface area contributed by atoms with Crippen LogP contribution in [0.2, 0.25) is 0 Å². The fraction of sp³-hybridized carbons (Fsp3) is 0.769. The number of hydrogen-bond acceptors (Lipinski definition) is 3. The van der Waals surface area contributed by atoms with Gasteiger partial charge >= 0.3 is 0 Å². The third-order valence-corrected chi connectivity index (χ3v) is 3.42. The minimum Gasteiger partial charge on any atom is -0.395 e. The highest BCUT2D eigenvalue weighted by Crippen LogP contribution is 2.24. The van der Waals surface area contributed by atoms with Gasteiger partial charge < -0.3 is 15.7 Å². The smallest absolute Gasteiger partial charge is 0.227 e. The Morgan fingerprint density at radius 3 is 2.76 bits per heavy atom. The number of rotatable bonds is 5. The van der Waals surface area contributed by atoms with E-state index in [9.17, 15) is 4.79 Å². The van der Waals surface area contributed by atoms with E-state index in [1.807, 2.05) is 0 Å². The highest BCUT2D eigenvalue weighted by atomic mass is 16.3. The number of nitrogens with zero attached hydrogens (tertiary/aromatic N) is 1. The number of amides is 1. The van der Waals surface area contributed by atoms with Crippen LogP contribution in [-0.2, 0) is 4.79 Å². The topological polar surface area (TPSA) is 66.6 Å². The molecule has 0 aromatic carbocycles. The summed E-state index contributed by atoms with van der Waals surface area (Å²) in [7, 11) is 0. The Balaban J connectivity index is 2.65. The molecule has 0 bridgehead atoms. The van der Waals surface area contributed by atoms with Gasteiger partial charge in [0.05, 0.1) is 12.5 Å². The second-order valence-electron chi connectivity index (χ2n) is 4.70. The van der Waals surface area contributed by atoms with Crippen LogP contribution >= 0.6 is 0 Å². The maximum atomic E-state index is 12.3. The second kappa shape index (κ2) is 7.45. The van der Waals surface area contributed by atoms with Crippen molar-refractivity contribution in [1.29, 1.82) is 0 Å². The van der Waals surface area contributed by atoms with Crippen LogP contribution in [0.25, 0.3) is 0 Å². The molecule has 2 atom stereocenters. The predicted octanol–water partition coefficient (Wildman–Crippen LogP) is 0.901. The largest absolute Gasteiger partial charge is 0.395 e. The van der Waals surface area contributed by atoms with Gasteiger partial charge in [-0.05, 0) is 12.8 Å². The summed E-state index contributed by atoms with van der Waals surface area (Å²) in [5.74, 6) is -0.00245. The summed E-state index contributed by atoms with van der Waals surface area (Å²) in [6.45, 7) is 4.49. The molecule has 1 amide bonds. The Bertz CT molecular complexity index is 256. The van der Waals surface area contributed by atoms with Gasteiger partial charge in [0, 0.05) is 19.1 Å². The summed E-state index contributed by atoms with van der Waals surface area (Å²) in [5.41, 5.74) is 6.07. The fourth-order valence-corrected chi connectivity index (χ4v) is 2.45. The normalized spacial score (nSPS) is 25.1. The first kappa shape index (κ1) is 14.2. The van der Waals surface area contributed by atoms with E-state index in [0.717, 1.165) is 25.7 Å². The number of carbonyl (C=O) groups excluding carboxylic acids is 1. The van der Waals surface area contributed by atoms with Crippen molar-refractivity contribution in [3.63, 3.8) is 0 Å². The lowest BCUT2D eigenvalue weighted by Gasteiger charge is -2.28. The first-order valence-corrected chi connectivity index (χ1v) is 6.46. The Morgan fingerprint density at radius 2 is 2.12 bits per heavy atom. The van der Waals surface area contributed by atoms with E-state index in [0.29, 0.717) is 13.1 Å². The van der Waals surface area contributed by atoms with Gasteiger partial charge in [-0.15, -0.1) is 6.58 Å². The minimum absolute atomic E-state index is 0.0124. The lowest BCUT2D eigenvalue weighted by Crippen LogP contribution is -2.44. The first-order chi connectivity index (χ1) is 8.20. The maximum Gasteiger partial charge on any atom is 0.227 e. The second-order valence-corrected chi connectivity index (χ2v) is 4.70. The van der Waals surface area contributed by atoms with Gasteiger partial charge in [0.15, 0.2) is 0 Å². The van der Waals surface area contributed by atoms with Gasteiger partial charge in [0.2, 0.25) is 5.91 Å². The zero-order chi connectivity index (χ0) is 12.7. The zero-order valence-corrected chi connectivity index (χ0v) is 10.5. The molecule has 17 heavy (non-hydrogen) atoms. The standard InChI is InChI=1S/C13H24N2O2/c1-2-8-15(9-10-16)13(17)11-6-4-3-5-7-12(11)14/h2,11-12,16H,1,3-10,14H2. The molecule has 1 rings (SSSR count). The number of carbonyl (C=O) groups is 1. The maximum absolute atomic E-state index is 12.3. The fourth-order valence-electron chi connectivity index (χ4n) is 2.45. The van der Waals surface area contributed by atoms with Crippen molar-refractivity contribution in [2.45, 2.75) is 38.1 Å². The molecule has 0 heterocycles. The molecule has 0 aliphatic heterocycles. The van der Waals surface area contributed by atoms with E-state index in [1.54, 1.807) is 11.0 Å². The predicted molar refractivity (Wildman–Crippen MR) is 68.4 cm³/mol. The van der Waals surface area contributed by atoms with Gasteiger partial charge in [-0.2, -0.15) is 0 Å². The molecule has 0 saturated heterocycles. The summed E-state index contributed by atoms with van der Waals surface area (Å²) in [6.07, 6.45) is 6.85. The quantitative estimate of drug-likeness (QED) is 0.554. The minimum atomic E-state index is -0.0796. The molecular formula is C13H24N2O2. The van der Waals surface area contributed by atoms with E-state index < -0.39 is 0 Å². The number of nitrogens with two attached hydrogens (primary N) is 1. The van der Waals surface area contributed by atoms with E-state index in [1.165, 1.54) is 6.42 Å². The summed E-state index contributed by atoms with van der Waals surface area (Å²) in [4.78, 5) is 14.0. The van der Waals surface area contributed by atoms with Crippen LogP contribution in [0.1, 0.15) is 32.1 Å². The lowest BCUT2D eigenvalue weighted by atomic mass is 9.94. The molecule has 4 heteroatoms. The van der Waals surface area contributed by atoms with Crippen molar-refractivity contribution < 1.29 is 9.90 Å². The average molecular weight is 240 g/mol. The molecule has 1 fully saturated rings. The molecule has 4 nitrogen and oxygen atoms in total. The molecule has 98 valence electrons. The van der Waals surface area contributed by atoms with E-state index in [-0.39, 0.29) is 24.5 Å². The molecule has 0 radical (unpaired) electrons. The van der Waals surface area contributed by atoms with Crippen LogP contribution < -0.4 is 5.73 Å². The number of aliphatic hydroxyl groups is 1. The third kappa shape index (κ3) is 4.13. The summed E-state index contributed by atoms with van der Waals surface area (Å²) < 4.78 is 0. The van der Waals surface area contributed by atoms with Crippen molar-refractivity contribution in [3.8, 4) is 0 Å². The molecule has 1 saturated carbocycles. The van der Waals surface area contributed by atoms with Gasteiger partial charge in [0.1, 0.15) is 0 Å². The van der Waals surface area contributed by atoms with Crippen molar-refractivity contribution in [2.24, 2.45) is 11.7 Å². The van der Waals surface area contributed by atoms with Crippen LogP contribution in [0.15, 0.2) is 12.7 Å². The summed E-state index contributed by atoms with van der Waals surface area (Å²) >= 11 is 0. The monoisotopic (exact) mass is 240 g/mol. The van der Waals surface area contributed by atoms with Crippen molar-refractivity contribution in [1.82, 2.24) is 4.90 Å². The first-order valence-electron chi connectivity index (χ1n) is 6.46. The van der Waals surface area contributed by atoms with Crippen LogP contribution in [0.5, 0.6) is 0 Å². The molecule has 0 aromatic heterocycles. The molecule has 1 aliphatic carbocycles. The van der Waals surface area contributed by atoms with E-state index in [2.05, 4.69) is 6.58 Å². The average Bonchev–Trinajstić information content (AvgIpc) is 2.53. The van der Waals surface area contributed by atoms with Crippen LogP contribution in [0.4, 0.5) is 0 Å². The SMILES string of the molecule is C=CCN(CCO)C(=O)C1CCCCCC1N. The van der Waals surface area contributed by atoms with Crippen molar-refractivity contribution in [2.75, 3.05) is 19.7 Å². The number of aliphatic hydroxyl groups excluding tert-OH is 1. The number of hydrogen-bond donors (Lipinski definition) is 2. The lowest BCUT2D eigenvalue weighted by molar-refractivity contribution is -0.136. The summed E-state index contributed by atoms with van der Waals surface area (Å²) in [5, 5.41) is 8.97. The molecule has 1 aliphatic rings. The van der Waals surface area contributed by atoms with Crippen LogP contribution in [-0.4, -0.2) is 41.7 Å². The van der Waals surface area contributed by atoms with Gasteiger partial charge in [-0.1, -0.05) is 25.3 Å². The Labute approximate surface area is 103 Å². The Morgan fingerprint density at radius 1 is 1.41 bits per heavy atom. The van der Waals surface area contributed by atoms with Gasteiger partial charge in [-0.25, -0.2) is 0 Å². The summed E-state index contributed by atoms with van der Waals surface area (Å²) in [6, 6.07) is -0.0315. The van der Waals surface area contributed by atoms with Crippen LogP contribution in [0, 0.1) is 5.92 Å². The molecule has 0 spiro atoms. The highest BCUT2D eigenvalue weighted by Gasteiger charge is 2.29. The molecular weight excluding hydrogens is 216 g/mol. The zero-order valence-electron chi connectivity index (χ0n) is 10.5. The van der Waals surface area contributed by atoms with Crippen molar-refractivity contribution in [3.05, 3.63) is 12.7 Å². The van der Waals surface area contributed by atoms with E-state index in [4.69, 9.17) is 10.8 Å². The van der Waals surface area contributed by atoms with Gasteiger partial charge in [-0.3, -0.25) is 4.79 Å². The van der Waals surface area contributed by atoms with Crippen LogP contribution in [0.3, 0.4) is 0 Å². The Kier molecular flexibility index (Phi) is 6.22. The Hall–Kier alpha value is -0.870.